The number of rotatable bonds is 2. The average Bonchev–Trinajstić information content (AvgIpc) is 2.97. The van der Waals surface area contributed by atoms with Gasteiger partial charge in [0.15, 0.2) is 0 Å². The SMILES string of the molecule is Cc1cc(S(=O)(=O)n2cc3c4c(cccc42)CNCC3)c(C)s1. The number of aromatic nitrogens is 1. The second kappa shape index (κ2) is 5.19. The van der Waals surface area contributed by atoms with Gasteiger partial charge in [-0.25, -0.2) is 12.4 Å². The highest BCUT2D eigenvalue weighted by molar-refractivity contribution is 7.90. The molecule has 2 aromatic heterocycles. The molecule has 1 aliphatic heterocycles. The van der Waals surface area contributed by atoms with E-state index in [-0.39, 0.29) is 0 Å². The summed E-state index contributed by atoms with van der Waals surface area (Å²) in [6, 6.07) is 7.69. The van der Waals surface area contributed by atoms with Crippen LogP contribution in [0.3, 0.4) is 0 Å². The molecule has 1 aliphatic rings. The molecule has 0 atom stereocenters. The monoisotopic (exact) mass is 346 g/mol. The molecule has 3 aromatic rings. The van der Waals surface area contributed by atoms with E-state index < -0.39 is 10.0 Å². The van der Waals surface area contributed by atoms with E-state index in [0.717, 1.165) is 45.7 Å². The van der Waals surface area contributed by atoms with Gasteiger partial charge >= 0.3 is 0 Å². The van der Waals surface area contributed by atoms with E-state index >= 15 is 0 Å². The highest BCUT2D eigenvalue weighted by atomic mass is 32.2. The van der Waals surface area contributed by atoms with Crippen LogP contribution in [-0.4, -0.2) is 18.9 Å². The Hall–Kier alpha value is -1.63. The Labute approximate surface area is 139 Å². The lowest BCUT2D eigenvalue weighted by Gasteiger charge is -2.08. The van der Waals surface area contributed by atoms with Gasteiger partial charge in [0.25, 0.3) is 10.0 Å². The minimum absolute atomic E-state index is 0.420. The molecule has 0 aliphatic carbocycles. The van der Waals surface area contributed by atoms with Crippen molar-refractivity contribution >= 4 is 32.3 Å². The van der Waals surface area contributed by atoms with Gasteiger partial charge in [0.1, 0.15) is 4.90 Å². The van der Waals surface area contributed by atoms with Gasteiger partial charge in [-0.3, -0.25) is 0 Å². The van der Waals surface area contributed by atoms with E-state index in [1.165, 1.54) is 20.9 Å². The van der Waals surface area contributed by atoms with Gasteiger partial charge in [0.2, 0.25) is 0 Å². The van der Waals surface area contributed by atoms with Gasteiger partial charge in [-0.1, -0.05) is 12.1 Å². The summed E-state index contributed by atoms with van der Waals surface area (Å²) in [4.78, 5) is 2.28. The number of aryl methyl sites for hydroxylation is 2. The van der Waals surface area contributed by atoms with Crippen LogP contribution in [0.4, 0.5) is 0 Å². The van der Waals surface area contributed by atoms with E-state index in [1.54, 1.807) is 6.07 Å². The maximum atomic E-state index is 13.2. The normalized spacial score (nSPS) is 15.0. The molecule has 1 N–H and O–H groups in total. The number of hydrogen-bond acceptors (Lipinski definition) is 4. The van der Waals surface area contributed by atoms with Crippen molar-refractivity contribution in [2.24, 2.45) is 0 Å². The van der Waals surface area contributed by atoms with Crippen molar-refractivity contribution in [2.45, 2.75) is 31.7 Å². The lowest BCUT2D eigenvalue weighted by molar-refractivity contribution is 0.588. The Balaban J connectivity index is 2.02. The van der Waals surface area contributed by atoms with Gasteiger partial charge in [-0.15, -0.1) is 11.3 Å². The van der Waals surface area contributed by atoms with Crippen LogP contribution in [0, 0.1) is 13.8 Å². The summed E-state index contributed by atoms with van der Waals surface area (Å²) in [5.41, 5.74) is 3.06. The third-order valence-electron chi connectivity index (χ3n) is 4.38. The van der Waals surface area contributed by atoms with Crippen LogP contribution < -0.4 is 5.32 Å². The van der Waals surface area contributed by atoms with Crippen molar-refractivity contribution in [2.75, 3.05) is 6.54 Å². The Morgan fingerprint density at radius 3 is 2.78 bits per heavy atom. The minimum Gasteiger partial charge on any atom is -0.312 e. The first-order chi connectivity index (χ1) is 11.0. The molecule has 0 unspecified atom stereocenters. The topological polar surface area (TPSA) is 51.1 Å². The van der Waals surface area contributed by atoms with E-state index in [2.05, 4.69) is 11.4 Å². The van der Waals surface area contributed by atoms with Crippen molar-refractivity contribution in [3.8, 4) is 0 Å². The van der Waals surface area contributed by atoms with Gasteiger partial charge < -0.3 is 5.32 Å². The smallest absolute Gasteiger partial charge is 0.269 e. The van der Waals surface area contributed by atoms with E-state index in [0.29, 0.717) is 4.90 Å². The maximum absolute atomic E-state index is 13.2. The van der Waals surface area contributed by atoms with Crippen LogP contribution in [-0.2, 0) is 23.0 Å². The zero-order chi connectivity index (χ0) is 16.2. The zero-order valence-electron chi connectivity index (χ0n) is 13.1. The molecular weight excluding hydrogens is 328 g/mol. The molecule has 0 spiro atoms. The van der Waals surface area contributed by atoms with E-state index in [1.807, 2.05) is 32.2 Å². The zero-order valence-corrected chi connectivity index (χ0v) is 14.7. The maximum Gasteiger partial charge on any atom is 0.269 e. The van der Waals surface area contributed by atoms with E-state index in [4.69, 9.17) is 0 Å². The molecule has 1 aromatic carbocycles. The Bertz CT molecular complexity index is 1010. The van der Waals surface area contributed by atoms with Crippen molar-refractivity contribution in [3.05, 3.63) is 51.3 Å². The molecule has 0 amide bonds. The third kappa shape index (κ3) is 2.24. The highest BCUT2D eigenvalue weighted by Gasteiger charge is 2.25. The summed E-state index contributed by atoms with van der Waals surface area (Å²) >= 11 is 1.53. The van der Waals surface area contributed by atoms with Gasteiger partial charge in [0.05, 0.1) is 5.52 Å². The van der Waals surface area contributed by atoms with Crippen LogP contribution in [0.2, 0.25) is 0 Å². The molecule has 23 heavy (non-hydrogen) atoms. The van der Waals surface area contributed by atoms with Crippen molar-refractivity contribution < 1.29 is 8.42 Å². The van der Waals surface area contributed by atoms with Crippen LogP contribution in [0.25, 0.3) is 10.9 Å². The van der Waals surface area contributed by atoms with Gasteiger partial charge in [-0.2, -0.15) is 0 Å². The predicted molar refractivity (Wildman–Crippen MR) is 93.7 cm³/mol. The summed E-state index contributed by atoms with van der Waals surface area (Å²) < 4.78 is 27.8. The minimum atomic E-state index is -3.56. The molecule has 0 radical (unpaired) electrons. The highest BCUT2D eigenvalue weighted by Crippen LogP contribution is 2.33. The Kier molecular flexibility index (Phi) is 3.37. The van der Waals surface area contributed by atoms with Crippen LogP contribution in [0.5, 0.6) is 0 Å². The third-order valence-corrected chi connectivity index (χ3v) is 7.27. The predicted octanol–water partition coefficient (Wildman–Crippen LogP) is 3.20. The Morgan fingerprint density at radius 2 is 2.04 bits per heavy atom. The largest absolute Gasteiger partial charge is 0.312 e. The van der Waals surface area contributed by atoms with Crippen molar-refractivity contribution in [1.82, 2.24) is 9.29 Å². The number of hydrogen-bond donors (Lipinski definition) is 1. The number of thiophene rings is 1. The number of benzene rings is 1. The molecule has 120 valence electrons. The summed E-state index contributed by atoms with van der Waals surface area (Å²) in [7, 11) is -3.56. The van der Waals surface area contributed by atoms with Crippen LogP contribution in [0.15, 0.2) is 35.4 Å². The van der Waals surface area contributed by atoms with Crippen LogP contribution >= 0.6 is 11.3 Å². The molecule has 3 heterocycles. The van der Waals surface area contributed by atoms with Gasteiger partial charge in [0, 0.05) is 27.9 Å². The molecule has 0 saturated heterocycles. The average molecular weight is 346 g/mol. The van der Waals surface area contributed by atoms with E-state index in [9.17, 15) is 8.42 Å². The van der Waals surface area contributed by atoms with Crippen molar-refractivity contribution in [1.29, 1.82) is 0 Å². The lowest BCUT2D eigenvalue weighted by atomic mass is 10.1. The summed E-state index contributed by atoms with van der Waals surface area (Å²) in [5, 5.41) is 4.47. The fourth-order valence-electron chi connectivity index (χ4n) is 3.37. The number of nitrogens with zero attached hydrogens (tertiary/aromatic N) is 1. The molecule has 4 nitrogen and oxygen atoms in total. The summed E-state index contributed by atoms with van der Waals surface area (Å²) in [6.45, 7) is 5.46. The molecule has 4 rings (SSSR count). The second-order valence-electron chi connectivity index (χ2n) is 5.97. The first-order valence-electron chi connectivity index (χ1n) is 7.63. The van der Waals surface area contributed by atoms with Crippen LogP contribution in [0.1, 0.15) is 20.9 Å². The standard InChI is InChI=1S/C17H18N2O2S2/c1-11-8-16(12(2)22-11)23(20,21)19-10-14-6-7-18-9-13-4-3-5-15(19)17(13)14/h3-5,8,10,18H,6-7,9H2,1-2H3. The number of nitrogens with one attached hydrogen (secondary N) is 1. The lowest BCUT2D eigenvalue weighted by Crippen LogP contribution is -2.15. The second-order valence-corrected chi connectivity index (χ2v) is 9.21. The molecule has 0 saturated carbocycles. The summed E-state index contributed by atoms with van der Waals surface area (Å²) in [5.74, 6) is 0. The summed E-state index contributed by atoms with van der Waals surface area (Å²) in [6.07, 6.45) is 2.65. The molecule has 0 fully saturated rings. The first-order valence-corrected chi connectivity index (χ1v) is 9.89. The van der Waals surface area contributed by atoms with Gasteiger partial charge in [-0.05, 0) is 50.1 Å². The fraction of sp³-hybridized carbons (Fsp3) is 0.294. The quantitative estimate of drug-likeness (QED) is 0.775. The fourth-order valence-corrected chi connectivity index (χ4v) is 6.28. The van der Waals surface area contributed by atoms with Crippen molar-refractivity contribution in [3.63, 3.8) is 0 Å². The molecule has 6 heteroatoms. The Morgan fingerprint density at radius 1 is 1.22 bits per heavy atom. The molecule has 0 bridgehead atoms. The first kappa shape index (κ1) is 14.9. The molecular formula is C17H18N2O2S2.